The summed E-state index contributed by atoms with van der Waals surface area (Å²) >= 11 is 0. The maximum absolute atomic E-state index is 10.3. The summed E-state index contributed by atoms with van der Waals surface area (Å²) in [6.45, 7) is 7.36. The van der Waals surface area contributed by atoms with Crippen molar-refractivity contribution in [3.8, 4) is 0 Å². The molecule has 0 radical (unpaired) electrons. The second kappa shape index (κ2) is 12.0. The Morgan fingerprint density at radius 1 is 1.17 bits per heavy atom. The number of halogens is 1. The minimum atomic E-state index is -0.481. The molecule has 1 saturated heterocycles. The number of aliphatic hydroxyl groups is 1. The molecule has 6 heteroatoms. The molecule has 2 atom stereocenters. The lowest BCUT2D eigenvalue weighted by Crippen LogP contribution is -2.45. The summed E-state index contributed by atoms with van der Waals surface area (Å²) in [5.41, 5.74) is 3.69. The van der Waals surface area contributed by atoms with Crippen molar-refractivity contribution in [1.29, 1.82) is 0 Å². The number of hydrogen-bond donors (Lipinski definition) is 3. The van der Waals surface area contributed by atoms with E-state index in [4.69, 9.17) is 0 Å². The molecule has 0 saturated carbocycles. The molecule has 0 aliphatic carbocycles. The Kier molecular flexibility index (Phi) is 9.73. The molecule has 0 spiro atoms. The number of aliphatic imine (C=N–C) groups is 1. The van der Waals surface area contributed by atoms with Gasteiger partial charge in [0.25, 0.3) is 0 Å². The molecule has 1 aliphatic heterocycles. The number of nitrogens with zero attached hydrogens (tertiary/aromatic N) is 2. The molecule has 158 valence electrons. The Labute approximate surface area is 191 Å². The summed E-state index contributed by atoms with van der Waals surface area (Å²) in [7, 11) is 0. The van der Waals surface area contributed by atoms with Gasteiger partial charge in [0.05, 0.1) is 12.6 Å². The zero-order valence-electron chi connectivity index (χ0n) is 17.3. The van der Waals surface area contributed by atoms with Crippen LogP contribution in [0.1, 0.15) is 24.5 Å². The van der Waals surface area contributed by atoms with Gasteiger partial charge in [0.2, 0.25) is 0 Å². The van der Waals surface area contributed by atoms with Crippen molar-refractivity contribution >= 4 is 35.6 Å². The van der Waals surface area contributed by atoms with Gasteiger partial charge in [-0.3, -0.25) is 4.99 Å². The Balaban J connectivity index is 0.00000300. The summed E-state index contributed by atoms with van der Waals surface area (Å²) in [4.78, 5) is 7.02. The summed E-state index contributed by atoms with van der Waals surface area (Å²) < 4.78 is 0. The summed E-state index contributed by atoms with van der Waals surface area (Å²) in [5.74, 6) is 0.783. The van der Waals surface area contributed by atoms with Gasteiger partial charge in [-0.25, -0.2) is 0 Å². The SMILES string of the molecule is CCNC(=NCC(O)Cc1ccccc1)NC1CCN(c2ccc(C)cc2)C1.I. The first-order valence-corrected chi connectivity index (χ1v) is 10.2. The highest BCUT2D eigenvalue weighted by atomic mass is 127. The molecule has 0 amide bonds. The highest BCUT2D eigenvalue weighted by Crippen LogP contribution is 2.20. The quantitative estimate of drug-likeness (QED) is 0.305. The van der Waals surface area contributed by atoms with Crippen molar-refractivity contribution in [3.05, 3.63) is 65.7 Å². The van der Waals surface area contributed by atoms with Gasteiger partial charge in [-0.2, -0.15) is 0 Å². The van der Waals surface area contributed by atoms with Crippen LogP contribution in [0.15, 0.2) is 59.6 Å². The van der Waals surface area contributed by atoms with E-state index in [-0.39, 0.29) is 24.0 Å². The van der Waals surface area contributed by atoms with Crippen LogP contribution in [-0.2, 0) is 6.42 Å². The lowest BCUT2D eigenvalue weighted by atomic mass is 10.1. The van der Waals surface area contributed by atoms with E-state index in [0.717, 1.165) is 37.6 Å². The van der Waals surface area contributed by atoms with Gasteiger partial charge in [-0.15, -0.1) is 24.0 Å². The van der Waals surface area contributed by atoms with E-state index in [2.05, 4.69) is 58.6 Å². The molecule has 2 aromatic carbocycles. The first-order valence-electron chi connectivity index (χ1n) is 10.2. The molecule has 0 aromatic heterocycles. The van der Waals surface area contributed by atoms with E-state index < -0.39 is 6.10 Å². The van der Waals surface area contributed by atoms with Gasteiger partial charge in [0.1, 0.15) is 0 Å². The van der Waals surface area contributed by atoms with Crippen LogP contribution in [0.5, 0.6) is 0 Å². The fourth-order valence-corrected chi connectivity index (χ4v) is 3.53. The molecule has 2 aromatic rings. The number of hydrogen-bond acceptors (Lipinski definition) is 3. The van der Waals surface area contributed by atoms with Crippen LogP contribution in [-0.4, -0.2) is 49.4 Å². The fourth-order valence-electron chi connectivity index (χ4n) is 3.53. The first-order chi connectivity index (χ1) is 13.6. The number of aliphatic hydroxyl groups excluding tert-OH is 1. The highest BCUT2D eigenvalue weighted by Gasteiger charge is 2.23. The predicted octanol–water partition coefficient (Wildman–Crippen LogP) is 3.35. The van der Waals surface area contributed by atoms with E-state index >= 15 is 0 Å². The normalized spacial score (nSPS) is 17.6. The average molecular weight is 508 g/mol. The second-order valence-electron chi connectivity index (χ2n) is 7.47. The van der Waals surface area contributed by atoms with Gasteiger partial charge in [-0.1, -0.05) is 48.0 Å². The van der Waals surface area contributed by atoms with E-state index in [9.17, 15) is 5.11 Å². The van der Waals surface area contributed by atoms with Crippen molar-refractivity contribution in [2.75, 3.05) is 31.1 Å². The average Bonchev–Trinajstić information content (AvgIpc) is 3.16. The van der Waals surface area contributed by atoms with Crippen molar-refractivity contribution in [3.63, 3.8) is 0 Å². The van der Waals surface area contributed by atoms with Crippen molar-refractivity contribution in [2.45, 2.75) is 38.8 Å². The summed E-state index contributed by atoms with van der Waals surface area (Å²) in [6, 6.07) is 19.1. The summed E-state index contributed by atoms with van der Waals surface area (Å²) in [5, 5.41) is 17.2. The molecule has 29 heavy (non-hydrogen) atoms. The van der Waals surface area contributed by atoms with E-state index in [1.807, 2.05) is 30.3 Å². The predicted molar refractivity (Wildman–Crippen MR) is 132 cm³/mol. The van der Waals surface area contributed by atoms with Crippen molar-refractivity contribution in [1.82, 2.24) is 10.6 Å². The molecular formula is C23H33IN4O. The van der Waals surface area contributed by atoms with Crippen LogP contribution in [0.3, 0.4) is 0 Å². The maximum atomic E-state index is 10.3. The highest BCUT2D eigenvalue weighted by molar-refractivity contribution is 14.0. The van der Waals surface area contributed by atoms with Gasteiger partial charge in [0, 0.05) is 37.8 Å². The minimum Gasteiger partial charge on any atom is -0.391 e. The van der Waals surface area contributed by atoms with Gasteiger partial charge in [-0.05, 0) is 38.0 Å². The molecule has 3 rings (SSSR count). The van der Waals surface area contributed by atoms with Crippen LogP contribution < -0.4 is 15.5 Å². The van der Waals surface area contributed by atoms with E-state index in [1.165, 1.54) is 11.3 Å². The molecule has 3 N–H and O–H groups in total. The second-order valence-corrected chi connectivity index (χ2v) is 7.47. The van der Waals surface area contributed by atoms with Crippen LogP contribution in [0.4, 0.5) is 5.69 Å². The topological polar surface area (TPSA) is 59.9 Å². The smallest absolute Gasteiger partial charge is 0.191 e. The number of guanidine groups is 1. The lowest BCUT2D eigenvalue weighted by Gasteiger charge is -2.21. The number of benzene rings is 2. The third kappa shape index (κ3) is 7.51. The minimum absolute atomic E-state index is 0. The molecule has 5 nitrogen and oxygen atoms in total. The van der Waals surface area contributed by atoms with Gasteiger partial charge < -0.3 is 20.6 Å². The standard InChI is InChI=1S/C23H32N4O.HI/c1-3-24-23(25-16-22(28)15-19-7-5-4-6-8-19)26-20-13-14-27(17-20)21-11-9-18(2)10-12-21;/h4-12,20,22,28H,3,13-17H2,1-2H3,(H2,24,25,26);1H. The molecule has 2 unspecified atom stereocenters. The number of nitrogens with one attached hydrogen (secondary N) is 2. The number of aryl methyl sites for hydroxylation is 1. The van der Waals surface area contributed by atoms with Crippen molar-refractivity contribution in [2.24, 2.45) is 4.99 Å². The maximum Gasteiger partial charge on any atom is 0.191 e. The largest absolute Gasteiger partial charge is 0.391 e. The van der Waals surface area contributed by atoms with Gasteiger partial charge >= 0.3 is 0 Å². The molecule has 1 aliphatic rings. The zero-order chi connectivity index (χ0) is 19.8. The third-order valence-electron chi connectivity index (χ3n) is 5.05. The Bertz CT molecular complexity index is 751. The summed E-state index contributed by atoms with van der Waals surface area (Å²) in [6.07, 6.45) is 1.21. The van der Waals surface area contributed by atoms with Crippen LogP contribution >= 0.6 is 24.0 Å². The Morgan fingerprint density at radius 3 is 2.59 bits per heavy atom. The zero-order valence-corrected chi connectivity index (χ0v) is 19.7. The lowest BCUT2D eigenvalue weighted by molar-refractivity contribution is 0.183. The Morgan fingerprint density at radius 2 is 1.90 bits per heavy atom. The van der Waals surface area contributed by atoms with E-state index in [1.54, 1.807) is 0 Å². The monoisotopic (exact) mass is 508 g/mol. The fraction of sp³-hybridized carbons (Fsp3) is 0.435. The van der Waals surface area contributed by atoms with Crippen LogP contribution in [0.2, 0.25) is 0 Å². The molecule has 0 bridgehead atoms. The molecule has 1 fully saturated rings. The van der Waals surface area contributed by atoms with Crippen LogP contribution in [0, 0.1) is 6.92 Å². The first kappa shape index (κ1) is 23.5. The Hall–Kier alpha value is -1.80. The van der Waals surface area contributed by atoms with E-state index in [0.29, 0.717) is 19.0 Å². The van der Waals surface area contributed by atoms with Crippen LogP contribution in [0.25, 0.3) is 0 Å². The van der Waals surface area contributed by atoms with Crippen molar-refractivity contribution < 1.29 is 5.11 Å². The molecular weight excluding hydrogens is 475 g/mol. The van der Waals surface area contributed by atoms with Gasteiger partial charge in [0.15, 0.2) is 5.96 Å². The number of rotatable bonds is 7. The molecule has 1 heterocycles. The third-order valence-corrected chi connectivity index (χ3v) is 5.05. The number of anilines is 1.